The molecule has 1 nitrogen and oxygen atoms in total. The van der Waals surface area contributed by atoms with Gasteiger partial charge >= 0.3 is 0 Å². The molecule has 0 aliphatic rings. The lowest BCUT2D eigenvalue weighted by molar-refractivity contribution is 0.103. The molecule has 0 aliphatic heterocycles. The Morgan fingerprint density at radius 1 is 1.05 bits per heavy atom. The van der Waals surface area contributed by atoms with Crippen LogP contribution in [0.25, 0.3) is 0 Å². The van der Waals surface area contributed by atoms with Crippen LogP contribution in [0.5, 0.6) is 0 Å². The van der Waals surface area contributed by atoms with Gasteiger partial charge in [0.2, 0.25) is 0 Å². The van der Waals surface area contributed by atoms with Crippen molar-refractivity contribution in [3.63, 3.8) is 0 Å². The van der Waals surface area contributed by atoms with Crippen LogP contribution in [0.2, 0.25) is 5.02 Å². The van der Waals surface area contributed by atoms with E-state index in [1.165, 1.54) is 0 Å². The average molecular weight is 277 g/mol. The van der Waals surface area contributed by atoms with Crippen molar-refractivity contribution in [3.05, 3.63) is 69.0 Å². The van der Waals surface area contributed by atoms with E-state index in [1.54, 1.807) is 38.1 Å². The van der Waals surface area contributed by atoms with E-state index in [9.17, 15) is 9.18 Å². The lowest BCUT2D eigenvalue weighted by Gasteiger charge is -2.08. The number of ketones is 1. The molecule has 2 aromatic rings. The Labute approximate surface area is 117 Å². The highest BCUT2D eigenvalue weighted by Crippen LogP contribution is 2.23. The molecule has 0 atom stereocenters. The molecule has 0 N–H and O–H groups in total. The molecule has 2 aromatic carbocycles. The summed E-state index contributed by atoms with van der Waals surface area (Å²) in [5.74, 6) is -0.456. The fourth-order valence-corrected chi connectivity index (χ4v) is 2.36. The van der Waals surface area contributed by atoms with Crippen molar-refractivity contribution >= 4 is 17.4 Å². The SMILES string of the molecule is Cc1ccc(C(=O)c2cc(C)c(F)c(C)c2)c(Cl)c1. The third kappa shape index (κ3) is 2.69. The number of halogens is 2. The Morgan fingerprint density at radius 2 is 1.63 bits per heavy atom. The molecule has 19 heavy (non-hydrogen) atoms. The lowest BCUT2D eigenvalue weighted by Crippen LogP contribution is -2.04. The summed E-state index contributed by atoms with van der Waals surface area (Å²) in [7, 11) is 0. The molecule has 0 aliphatic carbocycles. The largest absolute Gasteiger partial charge is 0.289 e. The van der Waals surface area contributed by atoms with Gasteiger partial charge in [0, 0.05) is 11.1 Å². The summed E-state index contributed by atoms with van der Waals surface area (Å²) in [6.45, 7) is 5.21. The van der Waals surface area contributed by atoms with Crippen LogP contribution in [-0.4, -0.2) is 5.78 Å². The number of rotatable bonds is 2. The van der Waals surface area contributed by atoms with Crippen LogP contribution >= 0.6 is 11.6 Å². The van der Waals surface area contributed by atoms with Gasteiger partial charge in [0.15, 0.2) is 5.78 Å². The maximum Gasteiger partial charge on any atom is 0.194 e. The Kier molecular flexibility index (Phi) is 3.72. The summed E-state index contributed by atoms with van der Waals surface area (Å²) in [5, 5.41) is 0.421. The Bertz CT molecular complexity index is 639. The minimum absolute atomic E-state index is 0.184. The lowest BCUT2D eigenvalue weighted by atomic mass is 9.98. The highest BCUT2D eigenvalue weighted by molar-refractivity contribution is 6.35. The second kappa shape index (κ2) is 5.14. The molecule has 0 spiro atoms. The zero-order valence-electron chi connectivity index (χ0n) is 11.1. The van der Waals surface area contributed by atoms with E-state index >= 15 is 0 Å². The molecule has 2 rings (SSSR count). The molecule has 0 bridgehead atoms. The van der Waals surface area contributed by atoms with Crippen molar-refractivity contribution in [3.8, 4) is 0 Å². The summed E-state index contributed by atoms with van der Waals surface area (Å²) in [4.78, 5) is 12.4. The topological polar surface area (TPSA) is 17.1 Å². The van der Waals surface area contributed by atoms with Crippen LogP contribution in [0.4, 0.5) is 4.39 Å². The van der Waals surface area contributed by atoms with Gasteiger partial charge in [0.05, 0.1) is 5.02 Å². The molecule has 0 saturated heterocycles. The number of carbonyl (C=O) groups is 1. The standard InChI is InChI=1S/C16H14ClFO/c1-9-4-5-13(14(17)6-9)16(19)12-7-10(2)15(18)11(3)8-12/h4-8H,1-3H3. The molecular formula is C16H14ClFO. The number of hydrogen-bond acceptors (Lipinski definition) is 1. The third-order valence-corrected chi connectivity index (χ3v) is 3.38. The first-order chi connectivity index (χ1) is 8.90. The van der Waals surface area contributed by atoms with Crippen molar-refractivity contribution in [2.75, 3.05) is 0 Å². The minimum Gasteiger partial charge on any atom is -0.289 e. The molecule has 98 valence electrons. The number of hydrogen-bond donors (Lipinski definition) is 0. The van der Waals surface area contributed by atoms with Gasteiger partial charge in [-0.3, -0.25) is 4.79 Å². The quantitative estimate of drug-likeness (QED) is 0.731. The van der Waals surface area contributed by atoms with Crippen molar-refractivity contribution in [2.24, 2.45) is 0 Å². The number of aryl methyl sites for hydroxylation is 3. The fraction of sp³-hybridized carbons (Fsp3) is 0.188. The minimum atomic E-state index is -0.272. The third-order valence-electron chi connectivity index (χ3n) is 3.07. The summed E-state index contributed by atoms with van der Waals surface area (Å²) in [6.07, 6.45) is 0. The molecule has 0 unspecified atom stereocenters. The first-order valence-electron chi connectivity index (χ1n) is 5.97. The van der Waals surface area contributed by atoms with Crippen molar-refractivity contribution in [1.82, 2.24) is 0 Å². The Balaban J connectivity index is 2.50. The Morgan fingerprint density at radius 3 is 2.16 bits per heavy atom. The maximum atomic E-state index is 13.6. The zero-order chi connectivity index (χ0) is 14.2. The van der Waals surface area contributed by atoms with Crippen LogP contribution in [0.3, 0.4) is 0 Å². The van der Waals surface area contributed by atoms with Gasteiger partial charge < -0.3 is 0 Å². The monoisotopic (exact) mass is 276 g/mol. The second-order valence-corrected chi connectivity index (χ2v) is 5.14. The highest BCUT2D eigenvalue weighted by atomic mass is 35.5. The van der Waals surface area contributed by atoms with E-state index in [1.807, 2.05) is 13.0 Å². The normalized spacial score (nSPS) is 10.6. The van der Waals surface area contributed by atoms with Crippen LogP contribution in [-0.2, 0) is 0 Å². The smallest absolute Gasteiger partial charge is 0.194 e. The van der Waals surface area contributed by atoms with E-state index in [0.717, 1.165) is 5.56 Å². The predicted molar refractivity (Wildman–Crippen MR) is 75.5 cm³/mol. The summed E-state index contributed by atoms with van der Waals surface area (Å²) >= 11 is 6.09. The van der Waals surface area contributed by atoms with Crippen LogP contribution < -0.4 is 0 Å². The first kappa shape index (κ1) is 13.8. The van der Waals surface area contributed by atoms with E-state index in [-0.39, 0.29) is 11.6 Å². The number of carbonyl (C=O) groups excluding carboxylic acids is 1. The predicted octanol–water partition coefficient (Wildman–Crippen LogP) is 4.64. The van der Waals surface area contributed by atoms with E-state index < -0.39 is 0 Å². The summed E-state index contributed by atoms with van der Waals surface area (Å²) < 4.78 is 13.6. The zero-order valence-corrected chi connectivity index (χ0v) is 11.8. The first-order valence-corrected chi connectivity index (χ1v) is 6.35. The second-order valence-electron chi connectivity index (χ2n) is 4.74. The van der Waals surface area contributed by atoms with Crippen molar-refractivity contribution < 1.29 is 9.18 Å². The average Bonchev–Trinajstić information content (AvgIpc) is 2.34. The summed E-state index contributed by atoms with van der Waals surface area (Å²) in [6, 6.07) is 8.40. The van der Waals surface area contributed by atoms with Crippen LogP contribution in [0.1, 0.15) is 32.6 Å². The van der Waals surface area contributed by atoms with Gasteiger partial charge in [-0.25, -0.2) is 4.39 Å². The van der Waals surface area contributed by atoms with Crippen molar-refractivity contribution in [1.29, 1.82) is 0 Å². The molecule has 0 radical (unpaired) electrons. The van der Waals surface area contributed by atoms with Gasteiger partial charge in [-0.1, -0.05) is 17.7 Å². The molecule has 0 saturated carbocycles. The maximum absolute atomic E-state index is 13.6. The molecule has 0 aromatic heterocycles. The molecule has 0 fully saturated rings. The molecular weight excluding hydrogens is 263 g/mol. The highest BCUT2D eigenvalue weighted by Gasteiger charge is 2.15. The van der Waals surface area contributed by atoms with E-state index in [0.29, 0.717) is 27.3 Å². The number of benzene rings is 2. The van der Waals surface area contributed by atoms with E-state index in [4.69, 9.17) is 11.6 Å². The molecule has 0 heterocycles. The van der Waals surface area contributed by atoms with Gasteiger partial charge in [0.1, 0.15) is 5.82 Å². The van der Waals surface area contributed by atoms with Crippen LogP contribution in [0.15, 0.2) is 30.3 Å². The Hall–Kier alpha value is -1.67. The van der Waals surface area contributed by atoms with Gasteiger partial charge in [-0.2, -0.15) is 0 Å². The van der Waals surface area contributed by atoms with Gasteiger partial charge in [-0.05, 0) is 61.7 Å². The molecule has 0 amide bonds. The van der Waals surface area contributed by atoms with Gasteiger partial charge in [-0.15, -0.1) is 0 Å². The van der Waals surface area contributed by atoms with Gasteiger partial charge in [0.25, 0.3) is 0 Å². The van der Waals surface area contributed by atoms with Crippen LogP contribution in [0, 0.1) is 26.6 Å². The fourth-order valence-electron chi connectivity index (χ4n) is 2.04. The molecule has 3 heteroatoms. The summed E-state index contributed by atoms with van der Waals surface area (Å²) in [5.41, 5.74) is 2.83. The van der Waals surface area contributed by atoms with E-state index in [2.05, 4.69) is 0 Å². The van der Waals surface area contributed by atoms with Crippen molar-refractivity contribution in [2.45, 2.75) is 20.8 Å².